The minimum Gasteiger partial charge on any atom is -0.465 e. The summed E-state index contributed by atoms with van der Waals surface area (Å²) in [7, 11) is 1.31. The molecule has 0 atom stereocenters. The van der Waals surface area contributed by atoms with Crippen LogP contribution in [0.15, 0.2) is 58.4 Å². The monoisotopic (exact) mass is 509 g/mol. The van der Waals surface area contributed by atoms with Gasteiger partial charge in [0.15, 0.2) is 0 Å². The summed E-state index contributed by atoms with van der Waals surface area (Å²) in [4.78, 5) is 24.7. The van der Waals surface area contributed by atoms with Gasteiger partial charge in [0.25, 0.3) is 0 Å². The third-order valence-electron chi connectivity index (χ3n) is 3.94. The lowest BCUT2D eigenvalue weighted by Crippen LogP contribution is -2.11. The molecule has 29 heavy (non-hydrogen) atoms. The maximum Gasteiger partial charge on any atom is 0.341 e. The van der Waals surface area contributed by atoms with Gasteiger partial charge in [-0.2, -0.15) is 0 Å². The van der Waals surface area contributed by atoms with Gasteiger partial charge in [-0.15, -0.1) is 11.3 Å². The topological polar surface area (TPSA) is 55.4 Å². The van der Waals surface area contributed by atoms with Crippen LogP contribution in [0.5, 0.6) is 0 Å². The minimum atomic E-state index is -0.520. The highest BCUT2D eigenvalue weighted by molar-refractivity contribution is 9.10. The van der Waals surface area contributed by atoms with Crippen LogP contribution in [0.25, 0.3) is 17.2 Å². The third-order valence-corrected chi connectivity index (χ3v) is 6.11. The summed E-state index contributed by atoms with van der Waals surface area (Å²) in [5.41, 5.74) is 2.58. The standard InChI is InChI=1S/C21H14BrCl2NO3S/c1-28-21(27)19-15(13-4-6-14(22)7-5-13)11-29-20(19)25-18(26)9-3-12-2-8-16(23)17(24)10-12/h2-11H,1H3,(H,25,26)/b9-3+. The van der Waals surface area contributed by atoms with Gasteiger partial charge in [0.1, 0.15) is 10.6 Å². The van der Waals surface area contributed by atoms with E-state index < -0.39 is 5.97 Å². The second-order valence-corrected chi connectivity index (χ2v) is 8.46. The number of amides is 1. The van der Waals surface area contributed by atoms with Crippen LogP contribution >= 0.6 is 50.5 Å². The van der Waals surface area contributed by atoms with Crippen LogP contribution in [0.4, 0.5) is 5.00 Å². The Bertz CT molecular complexity index is 1090. The molecule has 4 nitrogen and oxygen atoms in total. The Morgan fingerprint density at radius 3 is 2.48 bits per heavy atom. The lowest BCUT2D eigenvalue weighted by molar-refractivity contribution is -0.111. The average molecular weight is 511 g/mol. The molecule has 0 spiro atoms. The van der Waals surface area contributed by atoms with Gasteiger partial charge in [0, 0.05) is 21.5 Å². The van der Waals surface area contributed by atoms with Crippen molar-refractivity contribution >= 4 is 73.4 Å². The molecule has 0 aliphatic rings. The summed E-state index contributed by atoms with van der Waals surface area (Å²) >= 11 is 16.5. The molecule has 1 amide bonds. The van der Waals surface area contributed by atoms with Crippen molar-refractivity contribution in [1.29, 1.82) is 0 Å². The van der Waals surface area contributed by atoms with E-state index in [1.165, 1.54) is 24.5 Å². The van der Waals surface area contributed by atoms with Gasteiger partial charge in [-0.05, 0) is 41.5 Å². The molecule has 3 rings (SSSR count). The van der Waals surface area contributed by atoms with Gasteiger partial charge in [-0.3, -0.25) is 4.79 Å². The van der Waals surface area contributed by atoms with Crippen LogP contribution in [0.1, 0.15) is 15.9 Å². The summed E-state index contributed by atoms with van der Waals surface area (Å²) in [6, 6.07) is 12.6. The number of anilines is 1. The van der Waals surface area contributed by atoms with Crippen LogP contribution in [-0.2, 0) is 9.53 Å². The number of carbonyl (C=O) groups is 2. The fraction of sp³-hybridized carbons (Fsp3) is 0.0476. The molecular weight excluding hydrogens is 497 g/mol. The quantitative estimate of drug-likeness (QED) is 0.299. The summed E-state index contributed by atoms with van der Waals surface area (Å²) in [6.07, 6.45) is 2.97. The number of nitrogens with one attached hydrogen (secondary N) is 1. The Morgan fingerprint density at radius 1 is 1.10 bits per heavy atom. The zero-order valence-corrected chi connectivity index (χ0v) is 19.0. The fourth-order valence-corrected chi connectivity index (χ4v) is 4.07. The van der Waals surface area contributed by atoms with Crippen molar-refractivity contribution in [3.05, 3.63) is 79.6 Å². The Hall–Kier alpha value is -2.12. The number of esters is 1. The molecule has 1 heterocycles. The van der Waals surface area contributed by atoms with E-state index >= 15 is 0 Å². The molecular formula is C21H14BrCl2NO3S. The largest absolute Gasteiger partial charge is 0.465 e. The van der Waals surface area contributed by atoms with Gasteiger partial charge < -0.3 is 10.1 Å². The Balaban J connectivity index is 1.85. The maximum absolute atomic E-state index is 12.4. The van der Waals surface area contributed by atoms with Gasteiger partial charge >= 0.3 is 5.97 Å². The van der Waals surface area contributed by atoms with E-state index in [1.54, 1.807) is 24.3 Å². The first-order chi connectivity index (χ1) is 13.9. The smallest absolute Gasteiger partial charge is 0.341 e. The molecule has 0 aliphatic heterocycles. The number of carbonyl (C=O) groups excluding carboxylic acids is 2. The van der Waals surface area contributed by atoms with E-state index in [-0.39, 0.29) is 5.91 Å². The molecule has 0 bridgehead atoms. The summed E-state index contributed by atoms with van der Waals surface area (Å²) in [6.45, 7) is 0. The minimum absolute atomic E-state index is 0.316. The van der Waals surface area contributed by atoms with Crippen LogP contribution < -0.4 is 5.32 Å². The van der Waals surface area contributed by atoms with Crippen molar-refractivity contribution < 1.29 is 14.3 Å². The molecule has 0 saturated carbocycles. The molecule has 0 aliphatic carbocycles. The van der Waals surface area contributed by atoms with Crippen molar-refractivity contribution in [3.8, 4) is 11.1 Å². The number of halogens is 3. The van der Waals surface area contributed by atoms with Gasteiger partial charge in [-0.25, -0.2) is 4.79 Å². The zero-order chi connectivity index (χ0) is 21.0. The predicted molar refractivity (Wildman–Crippen MR) is 123 cm³/mol. The first-order valence-corrected chi connectivity index (χ1v) is 10.7. The Labute approximate surface area is 190 Å². The van der Waals surface area contributed by atoms with E-state index in [0.29, 0.717) is 26.2 Å². The molecule has 2 aromatic carbocycles. The fourth-order valence-electron chi connectivity index (χ4n) is 2.54. The summed E-state index contributed by atoms with van der Waals surface area (Å²) < 4.78 is 5.85. The maximum atomic E-state index is 12.4. The zero-order valence-electron chi connectivity index (χ0n) is 15.0. The lowest BCUT2D eigenvalue weighted by Gasteiger charge is -2.07. The van der Waals surface area contributed by atoms with Crippen molar-refractivity contribution in [2.75, 3.05) is 12.4 Å². The highest BCUT2D eigenvalue weighted by Gasteiger charge is 2.21. The normalized spacial score (nSPS) is 10.9. The second-order valence-electron chi connectivity index (χ2n) is 5.85. The number of ether oxygens (including phenoxy) is 1. The number of benzene rings is 2. The highest BCUT2D eigenvalue weighted by atomic mass is 79.9. The number of rotatable bonds is 5. The van der Waals surface area contributed by atoms with Gasteiger partial charge in [-0.1, -0.05) is 57.3 Å². The Kier molecular flexibility index (Phi) is 7.14. The van der Waals surface area contributed by atoms with E-state index in [4.69, 9.17) is 27.9 Å². The highest BCUT2D eigenvalue weighted by Crippen LogP contribution is 2.36. The second kappa shape index (κ2) is 9.59. The predicted octanol–water partition coefficient (Wildman–Crippen LogP) is 6.92. The van der Waals surface area contributed by atoms with Crippen molar-refractivity contribution in [1.82, 2.24) is 0 Å². The molecule has 8 heteroatoms. The van der Waals surface area contributed by atoms with E-state index in [0.717, 1.165) is 15.6 Å². The SMILES string of the molecule is COC(=O)c1c(-c2ccc(Br)cc2)csc1NC(=O)/C=C/c1ccc(Cl)c(Cl)c1. The number of methoxy groups -OCH3 is 1. The summed E-state index contributed by atoms with van der Waals surface area (Å²) in [5, 5.41) is 5.82. The van der Waals surface area contributed by atoms with E-state index in [1.807, 2.05) is 29.6 Å². The first-order valence-electron chi connectivity index (χ1n) is 8.29. The van der Waals surface area contributed by atoms with E-state index in [9.17, 15) is 9.59 Å². The van der Waals surface area contributed by atoms with Crippen molar-refractivity contribution in [2.45, 2.75) is 0 Å². The lowest BCUT2D eigenvalue weighted by atomic mass is 10.0. The summed E-state index contributed by atoms with van der Waals surface area (Å²) in [5.74, 6) is -0.904. The molecule has 0 saturated heterocycles. The molecule has 0 unspecified atom stereocenters. The van der Waals surface area contributed by atoms with Gasteiger partial charge in [0.2, 0.25) is 5.91 Å². The number of hydrogen-bond acceptors (Lipinski definition) is 4. The number of hydrogen-bond donors (Lipinski definition) is 1. The third kappa shape index (κ3) is 5.28. The van der Waals surface area contributed by atoms with Crippen LogP contribution in [0.2, 0.25) is 10.0 Å². The molecule has 0 radical (unpaired) electrons. The first kappa shape index (κ1) is 21.6. The molecule has 148 valence electrons. The van der Waals surface area contributed by atoms with Crippen LogP contribution in [0.3, 0.4) is 0 Å². The van der Waals surface area contributed by atoms with Crippen molar-refractivity contribution in [3.63, 3.8) is 0 Å². The molecule has 0 fully saturated rings. The van der Waals surface area contributed by atoms with Crippen molar-refractivity contribution in [2.24, 2.45) is 0 Å². The van der Waals surface area contributed by atoms with Gasteiger partial charge in [0.05, 0.1) is 17.2 Å². The average Bonchev–Trinajstić information content (AvgIpc) is 3.12. The van der Waals surface area contributed by atoms with Crippen LogP contribution in [0, 0.1) is 0 Å². The van der Waals surface area contributed by atoms with Crippen LogP contribution in [-0.4, -0.2) is 19.0 Å². The molecule has 1 aromatic heterocycles. The van der Waals surface area contributed by atoms with E-state index in [2.05, 4.69) is 21.2 Å². The molecule has 3 aromatic rings. The molecule has 1 N–H and O–H groups in total. The number of thiophene rings is 1. The Morgan fingerprint density at radius 2 is 1.83 bits per heavy atom.